The molecule has 0 aliphatic heterocycles. The third-order valence-electron chi connectivity index (χ3n) is 2.40. The number of amides is 1. The van der Waals surface area contributed by atoms with Crippen molar-refractivity contribution in [3.63, 3.8) is 0 Å². The summed E-state index contributed by atoms with van der Waals surface area (Å²) in [7, 11) is 0. The first-order chi connectivity index (χ1) is 9.28. The zero-order valence-corrected chi connectivity index (χ0v) is 14.0. The van der Waals surface area contributed by atoms with Crippen molar-refractivity contribution in [3.8, 4) is 5.75 Å². The quantitative estimate of drug-likeness (QED) is 0.820. The minimum absolute atomic E-state index is 0.392. The average Bonchev–Trinajstić information content (AvgIpc) is 2.30. The molecule has 0 fully saturated rings. The van der Waals surface area contributed by atoms with Crippen molar-refractivity contribution in [2.24, 2.45) is 0 Å². The fraction of sp³-hybridized carbons (Fsp3) is 0.533. The molecule has 1 aromatic rings. The summed E-state index contributed by atoms with van der Waals surface area (Å²) in [6.45, 7) is 8.60. The topological polar surface area (TPSA) is 47.6 Å². The number of ether oxygens (including phenoxy) is 2. The summed E-state index contributed by atoms with van der Waals surface area (Å²) >= 11 is 3.41. The standard InChI is InChI=1S/C15H22BrNO3/c1-11-6-7-12(16)10-13(11)19-9-5-8-17-14(18)20-15(2,3)4/h6-7,10H,5,8-9H2,1-4H3,(H,17,18). The van der Waals surface area contributed by atoms with E-state index in [4.69, 9.17) is 9.47 Å². The number of halogens is 1. The van der Waals surface area contributed by atoms with Crippen molar-refractivity contribution in [1.82, 2.24) is 5.32 Å². The third-order valence-corrected chi connectivity index (χ3v) is 2.89. The van der Waals surface area contributed by atoms with Gasteiger partial charge >= 0.3 is 6.09 Å². The largest absolute Gasteiger partial charge is 0.493 e. The van der Waals surface area contributed by atoms with Crippen LogP contribution in [0.2, 0.25) is 0 Å². The molecule has 0 unspecified atom stereocenters. The summed E-state index contributed by atoms with van der Waals surface area (Å²) in [5.74, 6) is 0.858. The second kappa shape index (κ2) is 7.53. The molecule has 0 heterocycles. The second-order valence-electron chi connectivity index (χ2n) is 5.54. The normalized spacial score (nSPS) is 11.1. The Balaban J connectivity index is 2.22. The van der Waals surface area contributed by atoms with Crippen LogP contribution in [0.15, 0.2) is 22.7 Å². The first kappa shape index (κ1) is 16.8. The number of hydrogen-bond donors (Lipinski definition) is 1. The fourth-order valence-corrected chi connectivity index (χ4v) is 1.83. The van der Waals surface area contributed by atoms with Gasteiger partial charge in [-0.15, -0.1) is 0 Å². The summed E-state index contributed by atoms with van der Waals surface area (Å²) in [5, 5.41) is 2.70. The number of rotatable bonds is 5. The highest BCUT2D eigenvalue weighted by Crippen LogP contribution is 2.22. The van der Waals surface area contributed by atoms with E-state index < -0.39 is 11.7 Å². The van der Waals surface area contributed by atoms with Gasteiger partial charge in [-0.3, -0.25) is 0 Å². The Morgan fingerprint density at radius 1 is 1.35 bits per heavy atom. The lowest BCUT2D eigenvalue weighted by molar-refractivity contribution is 0.0525. The van der Waals surface area contributed by atoms with Crippen molar-refractivity contribution < 1.29 is 14.3 Å². The van der Waals surface area contributed by atoms with Crippen LogP contribution in [-0.2, 0) is 4.74 Å². The van der Waals surface area contributed by atoms with Crippen molar-refractivity contribution >= 4 is 22.0 Å². The van der Waals surface area contributed by atoms with Crippen molar-refractivity contribution in [3.05, 3.63) is 28.2 Å². The monoisotopic (exact) mass is 343 g/mol. The molecular formula is C15H22BrNO3. The van der Waals surface area contributed by atoms with E-state index in [1.54, 1.807) is 0 Å². The van der Waals surface area contributed by atoms with E-state index in [1.807, 2.05) is 45.9 Å². The molecule has 112 valence electrons. The molecule has 4 nitrogen and oxygen atoms in total. The highest BCUT2D eigenvalue weighted by molar-refractivity contribution is 9.10. The maximum Gasteiger partial charge on any atom is 0.407 e. The molecule has 0 radical (unpaired) electrons. The van der Waals surface area contributed by atoms with E-state index >= 15 is 0 Å². The summed E-state index contributed by atoms with van der Waals surface area (Å²) < 4.78 is 11.8. The Bertz CT molecular complexity index is 455. The van der Waals surface area contributed by atoms with Gasteiger partial charge in [0.1, 0.15) is 11.4 Å². The maximum atomic E-state index is 11.4. The fourth-order valence-electron chi connectivity index (χ4n) is 1.49. The maximum absolute atomic E-state index is 11.4. The van der Waals surface area contributed by atoms with Crippen LogP contribution in [-0.4, -0.2) is 24.8 Å². The van der Waals surface area contributed by atoms with E-state index in [1.165, 1.54) is 0 Å². The Morgan fingerprint density at radius 3 is 2.70 bits per heavy atom. The number of nitrogens with one attached hydrogen (secondary N) is 1. The number of alkyl carbamates (subject to hydrolysis) is 1. The number of aryl methyl sites for hydroxylation is 1. The first-order valence-corrected chi connectivity index (χ1v) is 7.43. The summed E-state index contributed by atoms with van der Waals surface area (Å²) in [4.78, 5) is 11.4. The lowest BCUT2D eigenvalue weighted by Crippen LogP contribution is -2.33. The number of carbonyl (C=O) groups is 1. The lowest BCUT2D eigenvalue weighted by atomic mass is 10.2. The molecule has 0 atom stereocenters. The average molecular weight is 344 g/mol. The van der Waals surface area contributed by atoms with E-state index in [0.717, 1.165) is 22.2 Å². The van der Waals surface area contributed by atoms with Gasteiger partial charge in [0.25, 0.3) is 0 Å². The zero-order valence-electron chi connectivity index (χ0n) is 12.5. The van der Waals surface area contributed by atoms with Gasteiger partial charge in [-0.2, -0.15) is 0 Å². The van der Waals surface area contributed by atoms with Crippen LogP contribution in [0.5, 0.6) is 5.75 Å². The molecule has 0 spiro atoms. The molecule has 1 aromatic carbocycles. The minimum Gasteiger partial charge on any atom is -0.493 e. The van der Waals surface area contributed by atoms with Crippen molar-refractivity contribution in [2.75, 3.05) is 13.2 Å². The molecule has 0 bridgehead atoms. The van der Waals surface area contributed by atoms with Crippen molar-refractivity contribution in [2.45, 2.75) is 39.7 Å². The van der Waals surface area contributed by atoms with Gasteiger partial charge in [0, 0.05) is 11.0 Å². The Morgan fingerprint density at radius 2 is 2.05 bits per heavy atom. The van der Waals surface area contributed by atoms with Crippen LogP contribution >= 0.6 is 15.9 Å². The van der Waals surface area contributed by atoms with Crippen LogP contribution in [0.3, 0.4) is 0 Å². The van der Waals surface area contributed by atoms with Crippen LogP contribution < -0.4 is 10.1 Å². The van der Waals surface area contributed by atoms with Crippen LogP contribution in [0.4, 0.5) is 4.79 Å². The van der Waals surface area contributed by atoms with Crippen LogP contribution in [0, 0.1) is 6.92 Å². The predicted octanol–water partition coefficient (Wildman–Crippen LogP) is 4.05. The zero-order chi connectivity index (χ0) is 15.2. The van der Waals surface area contributed by atoms with E-state index in [-0.39, 0.29) is 0 Å². The summed E-state index contributed by atoms with van der Waals surface area (Å²) in [5.41, 5.74) is 0.627. The number of carbonyl (C=O) groups excluding carboxylic acids is 1. The number of hydrogen-bond acceptors (Lipinski definition) is 3. The van der Waals surface area contributed by atoms with Gasteiger partial charge in [-0.05, 0) is 51.8 Å². The van der Waals surface area contributed by atoms with Crippen LogP contribution in [0.25, 0.3) is 0 Å². The molecule has 1 rings (SSSR count). The van der Waals surface area contributed by atoms with Gasteiger partial charge in [0.05, 0.1) is 6.61 Å². The van der Waals surface area contributed by atoms with Gasteiger partial charge in [0.2, 0.25) is 0 Å². The van der Waals surface area contributed by atoms with E-state index in [2.05, 4.69) is 21.2 Å². The van der Waals surface area contributed by atoms with Gasteiger partial charge in [0.15, 0.2) is 0 Å². The molecular weight excluding hydrogens is 322 g/mol. The highest BCUT2D eigenvalue weighted by Gasteiger charge is 2.15. The molecule has 1 amide bonds. The van der Waals surface area contributed by atoms with Gasteiger partial charge in [-0.1, -0.05) is 22.0 Å². The Labute approximate surface area is 129 Å². The number of benzene rings is 1. The van der Waals surface area contributed by atoms with Gasteiger partial charge in [-0.25, -0.2) is 4.79 Å². The Kier molecular flexibility index (Phi) is 6.33. The highest BCUT2D eigenvalue weighted by atomic mass is 79.9. The molecule has 5 heteroatoms. The molecule has 0 aromatic heterocycles. The van der Waals surface area contributed by atoms with Crippen molar-refractivity contribution in [1.29, 1.82) is 0 Å². The SMILES string of the molecule is Cc1ccc(Br)cc1OCCCNC(=O)OC(C)(C)C. The predicted molar refractivity (Wildman–Crippen MR) is 83.2 cm³/mol. The Hall–Kier alpha value is -1.23. The third kappa shape index (κ3) is 6.80. The van der Waals surface area contributed by atoms with Crippen LogP contribution in [0.1, 0.15) is 32.8 Å². The lowest BCUT2D eigenvalue weighted by Gasteiger charge is -2.19. The van der Waals surface area contributed by atoms with Gasteiger partial charge < -0.3 is 14.8 Å². The van der Waals surface area contributed by atoms with E-state index in [0.29, 0.717) is 13.2 Å². The molecule has 0 saturated carbocycles. The minimum atomic E-state index is -0.464. The summed E-state index contributed by atoms with van der Waals surface area (Å²) in [6, 6.07) is 5.92. The van der Waals surface area contributed by atoms with E-state index in [9.17, 15) is 4.79 Å². The second-order valence-corrected chi connectivity index (χ2v) is 6.46. The smallest absolute Gasteiger partial charge is 0.407 e. The molecule has 0 aliphatic carbocycles. The molecule has 0 aliphatic rings. The first-order valence-electron chi connectivity index (χ1n) is 6.64. The molecule has 0 saturated heterocycles. The summed E-state index contributed by atoms with van der Waals surface area (Å²) in [6.07, 6.45) is 0.335. The molecule has 1 N–H and O–H groups in total. The molecule has 20 heavy (non-hydrogen) atoms.